The summed E-state index contributed by atoms with van der Waals surface area (Å²) in [5, 5.41) is 17.6. The highest BCUT2D eigenvalue weighted by Crippen LogP contribution is 2.04. The first-order valence-corrected chi connectivity index (χ1v) is 3.89. The van der Waals surface area contributed by atoms with Gasteiger partial charge >= 0.3 is 7.12 Å². The normalized spacial score (nSPS) is 10.0. The lowest BCUT2D eigenvalue weighted by Crippen LogP contribution is -2.32. The van der Waals surface area contributed by atoms with Crippen LogP contribution < -0.4 is 5.46 Å². The Morgan fingerprint density at radius 2 is 2.08 bits per heavy atom. The van der Waals surface area contributed by atoms with Gasteiger partial charge in [-0.3, -0.25) is 0 Å². The molecule has 0 aromatic heterocycles. The van der Waals surface area contributed by atoms with Crippen molar-refractivity contribution in [3.8, 4) is 0 Å². The second-order valence-corrected chi connectivity index (χ2v) is 2.62. The molecule has 1 aromatic carbocycles. The van der Waals surface area contributed by atoms with Crippen LogP contribution in [0, 0.1) is 5.82 Å². The fourth-order valence-corrected chi connectivity index (χ4v) is 1.17. The molecule has 12 heavy (non-hydrogen) atoms. The average molecular weight is 188 g/mol. The molecule has 0 amide bonds. The molecule has 2 nitrogen and oxygen atoms in total. The van der Waals surface area contributed by atoms with Crippen molar-refractivity contribution >= 4 is 24.2 Å². The van der Waals surface area contributed by atoms with Crippen molar-refractivity contribution in [2.75, 3.05) is 0 Å². The van der Waals surface area contributed by atoms with Crippen molar-refractivity contribution in [3.63, 3.8) is 0 Å². The molecular formula is C7H7BClFO2. The van der Waals surface area contributed by atoms with E-state index < -0.39 is 12.9 Å². The summed E-state index contributed by atoms with van der Waals surface area (Å²) in [5.74, 6) is -0.375. The molecule has 0 aliphatic heterocycles. The van der Waals surface area contributed by atoms with E-state index in [2.05, 4.69) is 0 Å². The van der Waals surface area contributed by atoms with Crippen LogP contribution in [0.2, 0.25) is 0 Å². The van der Waals surface area contributed by atoms with E-state index in [9.17, 15) is 4.39 Å². The molecule has 0 aliphatic rings. The van der Waals surface area contributed by atoms with Gasteiger partial charge in [0, 0.05) is 5.88 Å². The molecule has 0 saturated heterocycles. The molecule has 64 valence electrons. The molecule has 0 saturated carbocycles. The first-order valence-electron chi connectivity index (χ1n) is 3.35. The SMILES string of the molecule is OB(O)c1ccc(F)cc1CCl. The van der Waals surface area contributed by atoms with Gasteiger partial charge in [-0.1, -0.05) is 6.07 Å². The van der Waals surface area contributed by atoms with Gasteiger partial charge in [0.25, 0.3) is 0 Å². The van der Waals surface area contributed by atoms with E-state index in [4.69, 9.17) is 21.6 Å². The predicted octanol–water partition coefficient (Wildman–Crippen LogP) is 0.244. The maximum Gasteiger partial charge on any atom is 0.488 e. The molecule has 1 aromatic rings. The third-order valence-corrected chi connectivity index (χ3v) is 1.82. The standard InChI is InChI=1S/C7H7BClFO2/c9-4-5-3-6(10)1-2-7(5)8(11)12/h1-3,11-12H,4H2. The van der Waals surface area contributed by atoms with E-state index >= 15 is 0 Å². The number of hydrogen-bond acceptors (Lipinski definition) is 2. The zero-order chi connectivity index (χ0) is 9.14. The molecule has 0 heterocycles. The Morgan fingerprint density at radius 1 is 1.42 bits per heavy atom. The van der Waals surface area contributed by atoms with Gasteiger partial charge in [-0.05, 0) is 23.2 Å². The topological polar surface area (TPSA) is 40.5 Å². The largest absolute Gasteiger partial charge is 0.488 e. The highest BCUT2D eigenvalue weighted by atomic mass is 35.5. The van der Waals surface area contributed by atoms with Crippen LogP contribution in [0.5, 0.6) is 0 Å². The van der Waals surface area contributed by atoms with Crippen LogP contribution in [0.25, 0.3) is 0 Å². The number of rotatable bonds is 2. The molecule has 5 heteroatoms. The first-order chi connectivity index (χ1) is 5.65. The first kappa shape index (κ1) is 9.51. The molecular weight excluding hydrogens is 181 g/mol. The molecule has 0 fully saturated rings. The third-order valence-electron chi connectivity index (χ3n) is 1.53. The fourth-order valence-electron chi connectivity index (χ4n) is 0.942. The van der Waals surface area contributed by atoms with Gasteiger partial charge in [-0.25, -0.2) is 4.39 Å². The smallest absolute Gasteiger partial charge is 0.423 e. The molecule has 0 spiro atoms. The predicted molar refractivity (Wildman–Crippen MR) is 45.8 cm³/mol. The summed E-state index contributed by atoms with van der Waals surface area (Å²) >= 11 is 5.46. The summed E-state index contributed by atoms with van der Waals surface area (Å²) in [6.07, 6.45) is 0. The van der Waals surface area contributed by atoms with Crippen molar-refractivity contribution < 1.29 is 14.4 Å². The molecule has 2 N–H and O–H groups in total. The minimum atomic E-state index is -1.60. The molecule has 0 bridgehead atoms. The number of halogens is 2. The second-order valence-electron chi connectivity index (χ2n) is 2.35. The Kier molecular flexibility index (Phi) is 3.09. The van der Waals surface area contributed by atoms with Gasteiger partial charge in [0.2, 0.25) is 0 Å². The van der Waals surface area contributed by atoms with Crippen LogP contribution >= 0.6 is 11.6 Å². The van der Waals surface area contributed by atoms with Crippen LogP contribution in [0.4, 0.5) is 4.39 Å². The quantitative estimate of drug-likeness (QED) is 0.516. The van der Waals surface area contributed by atoms with Crippen molar-refractivity contribution in [1.82, 2.24) is 0 Å². The third kappa shape index (κ3) is 1.97. The van der Waals surface area contributed by atoms with E-state index in [0.717, 1.165) is 6.07 Å². The maximum atomic E-state index is 12.6. The summed E-state index contributed by atoms with van der Waals surface area (Å²) in [4.78, 5) is 0. The van der Waals surface area contributed by atoms with E-state index in [1.807, 2.05) is 0 Å². The Bertz CT molecular complexity index is 280. The van der Waals surface area contributed by atoms with Gasteiger partial charge in [-0.2, -0.15) is 0 Å². The van der Waals surface area contributed by atoms with Gasteiger partial charge in [0.15, 0.2) is 0 Å². The van der Waals surface area contributed by atoms with Crippen LogP contribution in [0.15, 0.2) is 18.2 Å². The lowest BCUT2D eigenvalue weighted by molar-refractivity contribution is 0.425. The van der Waals surface area contributed by atoms with E-state index in [-0.39, 0.29) is 11.3 Å². The number of alkyl halides is 1. The summed E-state index contributed by atoms with van der Waals surface area (Å²) in [5.41, 5.74) is 0.637. The monoisotopic (exact) mass is 188 g/mol. The molecule has 0 atom stereocenters. The lowest BCUT2D eigenvalue weighted by Gasteiger charge is -2.04. The van der Waals surface area contributed by atoms with Gasteiger partial charge in [0.1, 0.15) is 5.82 Å². The van der Waals surface area contributed by atoms with E-state index in [1.165, 1.54) is 12.1 Å². The Hall–Kier alpha value is -0.575. The Labute approximate surface area is 74.7 Å². The zero-order valence-corrected chi connectivity index (χ0v) is 6.92. The Balaban J connectivity index is 3.11. The summed E-state index contributed by atoms with van der Waals surface area (Å²) in [7, 11) is -1.60. The van der Waals surface area contributed by atoms with Gasteiger partial charge in [0.05, 0.1) is 0 Å². The fraction of sp³-hybridized carbons (Fsp3) is 0.143. The van der Waals surface area contributed by atoms with E-state index in [0.29, 0.717) is 5.56 Å². The summed E-state index contributed by atoms with van der Waals surface area (Å²) in [6.45, 7) is 0. The minimum Gasteiger partial charge on any atom is -0.423 e. The van der Waals surface area contributed by atoms with Crippen molar-refractivity contribution in [2.45, 2.75) is 5.88 Å². The lowest BCUT2D eigenvalue weighted by atomic mass is 9.77. The van der Waals surface area contributed by atoms with Gasteiger partial charge in [-0.15, -0.1) is 11.6 Å². The zero-order valence-electron chi connectivity index (χ0n) is 6.17. The second kappa shape index (κ2) is 3.89. The van der Waals surface area contributed by atoms with Gasteiger partial charge < -0.3 is 10.0 Å². The van der Waals surface area contributed by atoms with Crippen LogP contribution in [-0.2, 0) is 5.88 Å². The summed E-state index contributed by atoms with van der Waals surface area (Å²) in [6, 6.07) is 3.64. The molecule has 0 unspecified atom stereocenters. The molecule has 0 aliphatic carbocycles. The van der Waals surface area contributed by atoms with E-state index in [1.54, 1.807) is 0 Å². The van der Waals surface area contributed by atoms with Crippen LogP contribution in [0.1, 0.15) is 5.56 Å². The highest BCUT2D eigenvalue weighted by molar-refractivity contribution is 6.59. The Morgan fingerprint density at radius 3 is 2.58 bits per heavy atom. The highest BCUT2D eigenvalue weighted by Gasteiger charge is 2.15. The average Bonchev–Trinajstić information content (AvgIpc) is 2.03. The van der Waals surface area contributed by atoms with Crippen molar-refractivity contribution in [3.05, 3.63) is 29.6 Å². The van der Waals surface area contributed by atoms with Crippen molar-refractivity contribution in [2.24, 2.45) is 0 Å². The number of benzene rings is 1. The minimum absolute atomic E-state index is 0.0602. The maximum absolute atomic E-state index is 12.6. The molecule has 1 rings (SSSR count). The van der Waals surface area contributed by atoms with Crippen LogP contribution in [-0.4, -0.2) is 17.2 Å². The van der Waals surface area contributed by atoms with Crippen molar-refractivity contribution in [1.29, 1.82) is 0 Å². The number of hydrogen-bond donors (Lipinski definition) is 2. The van der Waals surface area contributed by atoms with Crippen LogP contribution in [0.3, 0.4) is 0 Å². The summed E-state index contributed by atoms with van der Waals surface area (Å²) < 4.78 is 12.6. The molecule has 0 radical (unpaired) electrons.